The lowest BCUT2D eigenvalue weighted by atomic mass is 10.2. The lowest BCUT2D eigenvalue weighted by Crippen LogP contribution is -2.28. The Morgan fingerprint density at radius 2 is 2.35 bits per heavy atom. The first-order chi connectivity index (χ1) is 8.38. The number of amidine groups is 1. The van der Waals surface area contributed by atoms with Crippen molar-refractivity contribution < 1.29 is 4.74 Å². The number of hydrogen-bond donors (Lipinski definition) is 1. The molecular weight excluding hydrogens is 272 g/mol. The molecule has 17 heavy (non-hydrogen) atoms. The maximum atomic E-state index is 5.10. The highest BCUT2D eigenvalue weighted by Gasteiger charge is 2.20. The van der Waals surface area contributed by atoms with E-state index in [1.54, 1.807) is 7.11 Å². The fraction of sp³-hybridized carbons (Fsp3) is 0.909. The topological polar surface area (TPSA) is 33.6 Å². The molecule has 1 N–H and O–H groups in total. The smallest absolute Gasteiger partial charge is 0.156 e. The van der Waals surface area contributed by atoms with Crippen molar-refractivity contribution in [2.45, 2.75) is 17.7 Å². The van der Waals surface area contributed by atoms with Crippen molar-refractivity contribution in [1.29, 1.82) is 0 Å². The van der Waals surface area contributed by atoms with E-state index in [0.717, 1.165) is 35.7 Å². The second-order valence-corrected chi connectivity index (χ2v) is 7.71. The third kappa shape index (κ3) is 4.93. The highest BCUT2D eigenvalue weighted by molar-refractivity contribution is 8.14. The molecule has 0 aromatic heterocycles. The van der Waals surface area contributed by atoms with E-state index in [9.17, 15) is 0 Å². The Kier molecular flexibility index (Phi) is 6.39. The number of aliphatic imine (C=N–C) groups is 1. The molecule has 2 atom stereocenters. The molecule has 0 saturated carbocycles. The van der Waals surface area contributed by atoms with Crippen molar-refractivity contribution in [1.82, 2.24) is 5.32 Å². The van der Waals surface area contributed by atoms with E-state index in [0.29, 0.717) is 6.04 Å². The molecule has 0 aromatic rings. The third-order valence-corrected chi connectivity index (χ3v) is 6.66. The number of rotatable bonds is 5. The van der Waals surface area contributed by atoms with E-state index >= 15 is 0 Å². The highest BCUT2D eigenvalue weighted by atomic mass is 32.2. The lowest BCUT2D eigenvalue weighted by molar-refractivity contribution is 0.188. The van der Waals surface area contributed by atoms with Crippen molar-refractivity contribution in [3.63, 3.8) is 0 Å². The number of methoxy groups -OCH3 is 1. The fourth-order valence-corrected chi connectivity index (χ4v) is 5.37. The largest absolute Gasteiger partial charge is 0.385 e. The predicted molar refractivity (Wildman–Crippen MR) is 81.7 cm³/mol. The average molecular weight is 292 g/mol. The Morgan fingerprint density at radius 1 is 1.41 bits per heavy atom. The second-order valence-electron chi connectivity index (χ2n) is 4.15. The van der Waals surface area contributed by atoms with E-state index in [1.807, 2.05) is 11.8 Å². The van der Waals surface area contributed by atoms with Gasteiger partial charge in [0.15, 0.2) is 5.17 Å². The molecule has 2 rings (SSSR count). The molecule has 2 aliphatic heterocycles. The molecule has 3 nitrogen and oxygen atoms in total. The van der Waals surface area contributed by atoms with Crippen molar-refractivity contribution in [3.8, 4) is 0 Å². The van der Waals surface area contributed by atoms with Gasteiger partial charge in [0.25, 0.3) is 0 Å². The predicted octanol–water partition coefficient (Wildman–Crippen LogP) is 1.93. The molecule has 6 heteroatoms. The van der Waals surface area contributed by atoms with Crippen LogP contribution in [0.5, 0.6) is 0 Å². The summed E-state index contributed by atoms with van der Waals surface area (Å²) in [5, 5.41) is 5.35. The number of hydrogen-bond acceptors (Lipinski definition) is 5. The summed E-state index contributed by atoms with van der Waals surface area (Å²) < 4.78 is 5.10. The Balaban J connectivity index is 1.68. The summed E-state index contributed by atoms with van der Waals surface area (Å²) in [5.41, 5.74) is 0. The first-order valence-electron chi connectivity index (χ1n) is 6.00. The molecule has 0 aromatic carbocycles. The van der Waals surface area contributed by atoms with Gasteiger partial charge in [-0.2, -0.15) is 23.5 Å². The van der Waals surface area contributed by atoms with Crippen molar-refractivity contribution >= 4 is 40.5 Å². The quantitative estimate of drug-likeness (QED) is 0.837. The Bertz CT molecular complexity index is 257. The van der Waals surface area contributed by atoms with Crippen molar-refractivity contribution in [3.05, 3.63) is 0 Å². The van der Waals surface area contributed by atoms with E-state index < -0.39 is 0 Å². The van der Waals surface area contributed by atoms with E-state index in [1.165, 1.54) is 17.3 Å². The number of nitrogens with zero attached hydrogens (tertiary/aromatic N) is 1. The maximum Gasteiger partial charge on any atom is 0.156 e. The zero-order chi connectivity index (χ0) is 11.9. The van der Waals surface area contributed by atoms with Crippen LogP contribution >= 0.6 is 35.3 Å². The molecule has 2 unspecified atom stereocenters. The van der Waals surface area contributed by atoms with Gasteiger partial charge in [0, 0.05) is 48.0 Å². The molecule has 2 saturated heterocycles. The van der Waals surface area contributed by atoms with Gasteiger partial charge in [0.2, 0.25) is 0 Å². The van der Waals surface area contributed by atoms with Gasteiger partial charge in [0.1, 0.15) is 0 Å². The van der Waals surface area contributed by atoms with Crippen molar-refractivity contribution in [2.24, 2.45) is 4.99 Å². The van der Waals surface area contributed by atoms with Gasteiger partial charge in [-0.05, 0) is 6.42 Å². The van der Waals surface area contributed by atoms with Crippen LogP contribution in [-0.4, -0.2) is 59.7 Å². The molecular formula is C11H20N2OS3. The zero-order valence-electron chi connectivity index (χ0n) is 10.2. The normalized spacial score (nSPS) is 31.7. The highest BCUT2D eigenvalue weighted by Crippen LogP contribution is 2.24. The van der Waals surface area contributed by atoms with E-state index in [2.05, 4.69) is 28.8 Å². The van der Waals surface area contributed by atoms with Crippen LogP contribution in [0.2, 0.25) is 0 Å². The molecule has 2 heterocycles. The third-order valence-electron chi connectivity index (χ3n) is 2.74. The fourth-order valence-electron chi connectivity index (χ4n) is 1.77. The van der Waals surface area contributed by atoms with E-state index in [4.69, 9.17) is 9.73 Å². The minimum absolute atomic E-state index is 0.548. The van der Waals surface area contributed by atoms with Crippen LogP contribution in [0.3, 0.4) is 0 Å². The minimum atomic E-state index is 0.548. The molecule has 2 fully saturated rings. The zero-order valence-corrected chi connectivity index (χ0v) is 12.6. The van der Waals surface area contributed by atoms with Crippen LogP contribution in [0.4, 0.5) is 0 Å². The Labute approximate surface area is 116 Å². The van der Waals surface area contributed by atoms with Crippen LogP contribution in [0.25, 0.3) is 0 Å². The second kappa shape index (κ2) is 7.81. The van der Waals surface area contributed by atoms with Crippen molar-refractivity contribution in [2.75, 3.05) is 43.3 Å². The molecule has 0 amide bonds. The van der Waals surface area contributed by atoms with Gasteiger partial charge in [-0.15, -0.1) is 0 Å². The standard InChI is InChI=1S/C11H20N2OS3/c1-14-3-2-9-7-17-11(13-9)12-6-10-8-15-4-5-16-10/h9-10H,2-8H2,1H3,(H,12,13). The monoisotopic (exact) mass is 292 g/mol. The first-order valence-corrected chi connectivity index (χ1v) is 9.19. The minimum Gasteiger partial charge on any atom is -0.385 e. The van der Waals surface area contributed by atoms with Crippen LogP contribution in [0.15, 0.2) is 4.99 Å². The van der Waals surface area contributed by atoms with Crippen LogP contribution in [-0.2, 0) is 4.74 Å². The summed E-state index contributed by atoms with van der Waals surface area (Å²) in [6.45, 7) is 1.81. The molecule has 0 radical (unpaired) electrons. The molecule has 0 bridgehead atoms. The van der Waals surface area contributed by atoms with Gasteiger partial charge in [-0.3, -0.25) is 4.99 Å². The maximum absolute atomic E-state index is 5.10. The first kappa shape index (κ1) is 13.9. The number of ether oxygens (including phenoxy) is 1. The van der Waals surface area contributed by atoms with Gasteiger partial charge in [-0.25, -0.2) is 0 Å². The van der Waals surface area contributed by atoms with Gasteiger partial charge < -0.3 is 10.1 Å². The van der Waals surface area contributed by atoms with Gasteiger partial charge in [-0.1, -0.05) is 11.8 Å². The van der Waals surface area contributed by atoms with Gasteiger partial charge >= 0.3 is 0 Å². The van der Waals surface area contributed by atoms with Crippen LogP contribution in [0, 0.1) is 0 Å². The average Bonchev–Trinajstić information content (AvgIpc) is 2.83. The summed E-state index contributed by atoms with van der Waals surface area (Å²) in [4.78, 5) is 4.70. The lowest BCUT2D eigenvalue weighted by Gasteiger charge is -2.19. The molecule has 0 spiro atoms. The summed E-state index contributed by atoms with van der Waals surface area (Å²) in [6.07, 6.45) is 1.08. The molecule has 98 valence electrons. The number of nitrogens with one attached hydrogen (secondary N) is 1. The summed E-state index contributed by atoms with van der Waals surface area (Å²) in [6, 6.07) is 0.548. The summed E-state index contributed by atoms with van der Waals surface area (Å²) >= 11 is 6.00. The Morgan fingerprint density at radius 3 is 3.12 bits per heavy atom. The SMILES string of the molecule is COCCC1CSC(=NCC2CSCCS2)N1. The van der Waals surface area contributed by atoms with Gasteiger partial charge in [0.05, 0.1) is 6.54 Å². The van der Waals surface area contributed by atoms with Crippen LogP contribution < -0.4 is 5.32 Å². The molecule has 2 aliphatic rings. The van der Waals surface area contributed by atoms with E-state index in [-0.39, 0.29) is 0 Å². The number of thioether (sulfide) groups is 3. The Hall–Kier alpha value is 0.480. The summed E-state index contributed by atoms with van der Waals surface area (Å²) in [5.74, 6) is 5.00. The van der Waals surface area contributed by atoms with Crippen LogP contribution in [0.1, 0.15) is 6.42 Å². The molecule has 0 aliphatic carbocycles. The summed E-state index contributed by atoms with van der Waals surface area (Å²) in [7, 11) is 1.76.